The first-order chi connectivity index (χ1) is 12.5. The third-order valence-corrected chi connectivity index (χ3v) is 4.52. The SMILES string of the molecule is COc1cc2occ(C)c2cc1/C(C)=C/C(=O)NC(C)c1ccccc1. The lowest BCUT2D eigenvalue weighted by Gasteiger charge is -2.14. The number of allylic oxidation sites excluding steroid dienone is 1. The standard InChI is InChI=1S/C22H23NO3/c1-14(10-22(24)23-16(3)17-8-6-5-7-9-17)18-11-19-15(2)13-26-21(19)12-20(18)25-4/h5-13,16H,1-4H3,(H,23,24)/b14-10+. The van der Waals surface area contributed by atoms with Crippen LogP contribution >= 0.6 is 0 Å². The summed E-state index contributed by atoms with van der Waals surface area (Å²) in [5.74, 6) is 0.550. The van der Waals surface area contributed by atoms with Crippen molar-refractivity contribution in [3.05, 3.63) is 71.5 Å². The van der Waals surface area contributed by atoms with Crippen LogP contribution in [0.3, 0.4) is 0 Å². The van der Waals surface area contributed by atoms with Crippen LogP contribution in [0.1, 0.15) is 36.6 Å². The average Bonchev–Trinajstić information content (AvgIpc) is 3.01. The van der Waals surface area contributed by atoms with Crippen molar-refractivity contribution in [1.29, 1.82) is 0 Å². The molecule has 1 amide bonds. The molecule has 1 aromatic heterocycles. The maximum absolute atomic E-state index is 12.4. The summed E-state index contributed by atoms with van der Waals surface area (Å²) in [6.45, 7) is 5.87. The third-order valence-electron chi connectivity index (χ3n) is 4.52. The lowest BCUT2D eigenvalue weighted by Crippen LogP contribution is -2.24. The van der Waals surface area contributed by atoms with Gasteiger partial charge in [0.25, 0.3) is 0 Å². The first-order valence-corrected chi connectivity index (χ1v) is 8.59. The molecule has 0 saturated carbocycles. The van der Waals surface area contributed by atoms with Gasteiger partial charge in [0, 0.05) is 23.1 Å². The summed E-state index contributed by atoms with van der Waals surface area (Å²) in [5, 5.41) is 4.02. The number of carbonyl (C=O) groups is 1. The predicted molar refractivity (Wildman–Crippen MR) is 104 cm³/mol. The fourth-order valence-corrected chi connectivity index (χ4v) is 3.01. The fraction of sp³-hybridized carbons (Fsp3) is 0.227. The maximum atomic E-state index is 12.4. The lowest BCUT2D eigenvalue weighted by atomic mass is 10.0. The monoisotopic (exact) mass is 349 g/mol. The summed E-state index contributed by atoms with van der Waals surface area (Å²) in [5.41, 5.74) is 4.62. The van der Waals surface area contributed by atoms with E-state index < -0.39 is 0 Å². The average molecular weight is 349 g/mol. The van der Waals surface area contributed by atoms with E-state index in [-0.39, 0.29) is 11.9 Å². The molecule has 1 heterocycles. The maximum Gasteiger partial charge on any atom is 0.244 e. The van der Waals surface area contributed by atoms with Crippen LogP contribution < -0.4 is 10.1 Å². The Bertz CT molecular complexity index is 954. The number of nitrogens with one attached hydrogen (secondary N) is 1. The predicted octanol–water partition coefficient (Wildman–Crippen LogP) is 5.03. The Balaban J connectivity index is 1.85. The molecule has 3 aromatic rings. The molecular formula is C22H23NO3. The first-order valence-electron chi connectivity index (χ1n) is 8.59. The molecule has 0 aliphatic heterocycles. The summed E-state index contributed by atoms with van der Waals surface area (Å²) >= 11 is 0. The zero-order valence-corrected chi connectivity index (χ0v) is 15.5. The van der Waals surface area contributed by atoms with Crippen molar-refractivity contribution in [2.24, 2.45) is 0 Å². The topological polar surface area (TPSA) is 51.5 Å². The number of methoxy groups -OCH3 is 1. The lowest BCUT2D eigenvalue weighted by molar-refractivity contribution is -0.117. The van der Waals surface area contributed by atoms with Crippen molar-refractivity contribution in [1.82, 2.24) is 5.32 Å². The van der Waals surface area contributed by atoms with E-state index in [2.05, 4.69) is 5.32 Å². The number of hydrogen-bond acceptors (Lipinski definition) is 3. The Morgan fingerprint density at radius 1 is 1.23 bits per heavy atom. The molecule has 1 N–H and O–H groups in total. The molecule has 1 atom stereocenters. The number of hydrogen-bond donors (Lipinski definition) is 1. The van der Waals surface area contributed by atoms with E-state index in [1.807, 2.05) is 63.2 Å². The Morgan fingerprint density at radius 2 is 1.96 bits per heavy atom. The van der Waals surface area contributed by atoms with Crippen LogP contribution in [0.5, 0.6) is 5.75 Å². The van der Waals surface area contributed by atoms with Gasteiger partial charge >= 0.3 is 0 Å². The number of carbonyl (C=O) groups excluding carboxylic acids is 1. The summed E-state index contributed by atoms with van der Waals surface area (Å²) in [6.07, 6.45) is 3.33. The normalized spacial score (nSPS) is 12.8. The van der Waals surface area contributed by atoms with Crippen LogP contribution in [-0.4, -0.2) is 13.0 Å². The zero-order chi connectivity index (χ0) is 18.7. The van der Waals surface area contributed by atoms with Crippen LogP contribution in [0.25, 0.3) is 16.5 Å². The molecule has 0 radical (unpaired) electrons. The summed E-state index contributed by atoms with van der Waals surface area (Å²) in [4.78, 5) is 12.4. The van der Waals surface area contributed by atoms with Crippen LogP contribution in [0.15, 0.2) is 59.2 Å². The molecule has 0 spiro atoms. The van der Waals surface area contributed by atoms with Crippen molar-refractivity contribution in [3.63, 3.8) is 0 Å². The number of benzene rings is 2. The van der Waals surface area contributed by atoms with Crippen molar-refractivity contribution >= 4 is 22.4 Å². The largest absolute Gasteiger partial charge is 0.496 e. The van der Waals surface area contributed by atoms with Crippen molar-refractivity contribution in [3.8, 4) is 5.75 Å². The van der Waals surface area contributed by atoms with Gasteiger partial charge in [-0.3, -0.25) is 4.79 Å². The molecule has 4 nitrogen and oxygen atoms in total. The van der Waals surface area contributed by atoms with Crippen molar-refractivity contribution in [2.75, 3.05) is 7.11 Å². The quantitative estimate of drug-likeness (QED) is 0.657. The fourth-order valence-electron chi connectivity index (χ4n) is 3.01. The second-order valence-corrected chi connectivity index (χ2v) is 6.44. The highest BCUT2D eigenvalue weighted by molar-refractivity contribution is 5.97. The molecule has 134 valence electrons. The summed E-state index contributed by atoms with van der Waals surface area (Å²) in [6, 6.07) is 13.7. The van der Waals surface area contributed by atoms with Gasteiger partial charge in [0.1, 0.15) is 11.3 Å². The minimum absolute atomic E-state index is 0.0618. The molecule has 26 heavy (non-hydrogen) atoms. The number of furan rings is 1. The zero-order valence-electron chi connectivity index (χ0n) is 15.5. The smallest absolute Gasteiger partial charge is 0.244 e. The molecule has 3 rings (SSSR count). The molecule has 2 aromatic carbocycles. The van der Waals surface area contributed by atoms with Gasteiger partial charge in [-0.2, -0.15) is 0 Å². The number of rotatable bonds is 5. The van der Waals surface area contributed by atoms with E-state index in [4.69, 9.17) is 9.15 Å². The Hall–Kier alpha value is -3.01. The second kappa shape index (κ2) is 7.48. The number of ether oxygens (including phenoxy) is 1. The van der Waals surface area contributed by atoms with Crippen LogP contribution in [0.2, 0.25) is 0 Å². The summed E-state index contributed by atoms with van der Waals surface area (Å²) in [7, 11) is 1.62. The van der Waals surface area contributed by atoms with Crippen LogP contribution in [0, 0.1) is 6.92 Å². The number of fused-ring (bicyclic) bond motifs is 1. The Kier molecular flexibility index (Phi) is 5.12. The molecule has 4 heteroatoms. The Morgan fingerprint density at radius 3 is 2.65 bits per heavy atom. The van der Waals surface area contributed by atoms with Gasteiger partial charge in [-0.25, -0.2) is 0 Å². The highest BCUT2D eigenvalue weighted by atomic mass is 16.5. The highest BCUT2D eigenvalue weighted by Gasteiger charge is 2.13. The third kappa shape index (κ3) is 3.64. The van der Waals surface area contributed by atoms with E-state index in [0.29, 0.717) is 5.75 Å². The number of aryl methyl sites for hydroxylation is 1. The molecule has 1 unspecified atom stereocenters. The van der Waals surface area contributed by atoms with E-state index in [1.54, 1.807) is 19.4 Å². The van der Waals surface area contributed by atoms with E-state index >= 15 is 0 Å². The first kappa shape index (κ1) is 17.8. The van der Waals surface area contributed by atoms with Crippen LogP contribution in [-0.2, 0) is 4.79 Å². The van der Waals surface area contributed by atoms with Gasteiger partial charge in [-0.15, -0.1) is 0 Å². The molecule has 0 saturated heterocycles. The molecule has 0 aliphatic rings. The van der Waals surface area contributed by atoms with Gasteiger partial charge < -0.3 is 14.5 Å². The van der Waals surface area contributed by atoms with Crippen LogP contribution in [0.4, 0.5) is 0 Å². The minimum Gasteiger partial charge on any atom is -0.496 e. The summed E-state index contributed by atoms with van der Waals surface area (Å²) < 4.78 is 11.0. The Labute approximate surface area is 153 Å². The molecule has 0 fully saturated rings. The van der Waals surface area contributed by atoms with Gasteiger partial charge in [-0.1, -0.05) is 30.3 Å². The van der Waals surface area contributed by atoms with Gasteiger partial charge in [0.15, 0.2) is 0 Å². The van der Waals surface area contributed by atoms with E-state index in [0.717, 1.165) is 33.2 Å². The highest BCUT2D eigenvalue weighted by Crippen LogP contribution is 2.33. The van der Waals surface area contributed by atoms with Gasteiger partial charge in [-0.05, 0) is 43.5 Å². The minimum atomic E-state index is -0.134. The molecule has 0 bridgehead atoms. The van der Waals surface area contributed by atoms with E-state index in [9.17, 15) is 4.79 Å². The van der Waals surface area contributed by atoms with E-state index in [1.165, 1.54) is 0 Å². The number of amides is 1. The van der Waals surface area contributed by atoms with Crippen molar-refractivity contribution < 1.29 is 13.9 Å². The molecule has 0 aliphatic carbocycles. The van der Waals surface area contributed by atoms with Crippen molar-refractivity contribution in [2.45, 2.75) is 26.8 Å². The molecular weight excluding hydrogens is 326 g/mol. The van der Waals surface area contributed by atoms with Gasteiger partial charge in [0.2, 0.25) is 5.91 Å². The van der Waals surface area contributed by atoms with Gasteiger partial charge in [0.05, 0.1) is 19.4 Å². The second-order valence-electron chi connectivity index (χ2n) is 6.44.